The molecule has 0 aromatic heterocycles. The molecule has 2 heteroatoms. The molecule has 22 heavy (non-hydrogen) atoms. The molecule has 1 nitrogen and oxygen atoms in total. The first-order valence-corrected chi connectivity index (χ1v) is 7.69. The fourth-order valence-electron chi connectivity index (χ4n) is 2.61. The molecule has 0 aliphatic heterocycles. The summed E-state index contributed by atoms with van der Waals surface area (Å²) in [5.74, 6) is 0.579. The molecular weight excluding hydrogens is 275 g/mol. The van der Waals surface area contributed by atoms with E-state index in [2.05, 4.69) is 32.6 Å². The molecule has 0 aliphatic rings. The third kappa shape index (κ3) is 3.76. The van der Waals surface area contributed by atoms with E-state index >= 15 is 0 Å². The highest BCUT2D eigenvalue weighted by molar-refractivity contribution is 5.53. The number of hydrogen-bond donors (Lipinski definition) is 0. The summed E-state index contributed by atoms with van der Waals surface area (Å²) in [6.45, 7) is 10.2. The molecule has 2 aromatic carbocycles. The molecule has 0 spiro atoms. The Hall–Kier alpha value is -2.09. The zero-order chi connectivity index (χ0) is 16.1. The normalized spacial score (nSPS) is 10.5. The Bertz CT molecular complexity index is 674. The van der Waals surface area contributed by atoms with Gasteiger partial charge in [0.05, 0.1) is 0 Å². The molecule has 2 aromatic rings. The highest BCUT2D eigenvalue weighted by Crippen LogP contribution is 2.22. The van der Waals surface area contributed by atoms with E-state index in [-0.39, 0.29) is 5.82 Å². The fraction of sp³-hybridized carbons (Fsp3) is 0.300. The zero-order valence-corrected chi connectivity index (χ0v) is 13.6. The lowest BCUT2D eigenvalue weighted by Crippen LogP contribution is -2.01. The van der Waals surface area contributed by atoms with E-state index in [9.17, 15) is 4.39 Å². The number of aryl methyl sites for hydroxylation is 3. The van der Waals surface area contributed by atoms with Crippen LogP contribution < -0.4 is 4.74 Å². The summed E-state index contributed by atoms with van der Waals surface area (Å²) in [7, 11) is 0. The summed E-state index contributed by atoms with van der Waals surface area (Å²) in [4.78, 5) is 0. The van der Waals surface area contributed by atoms with Gasteiger partial charge < -0.3 is 4.74 Å². The molecule has 0 atom stereocenters. The van der Waals surface area contributed by atoms with Crippen molar-refractivity contribution in [3.63, 3.8) is 0 Å². The maximum Gasteiger partial charge on any atom is 0.131 e. The smallest absolute Gasteiger partial charge is 0.131 e. The van der Waals surface area contributed by atoms with Crippen molar-refractivity contribution in [2.24, 2.45) is 0 Å². The predicted molar refractivity (Wildman–Crippen MR) is 90.7 cm³/mol. The van der Waals surface area contributed by atoms with Crippen molar-refractivity contribution >= 4 is 6.08 Å². The van der Waals surface area contributed by atoms with Crippen molar-refractivity contribution in [1.29, 1.82) is 0 Å². The van der Waals surface area contributed by atoms with Gasteiger partial charge >= 0.3 is 0 Å². The van der Waals surface area contributed by atoms with Gasteiger partial charge in [-0.3, -0.25) is 0 Å². The monoisotopic (exact) mass is 298 g/mol. The van der Waals surface area contributed by atoms with E-state index < -0.39 is 0 Å². The van der Waals surface area contributed by atoms with Crippen LogP contribution in [0.4, 0.5) is 4.39 Å². The second kappa shape index (κ2) is 7.26. The first kappa shape index (κ1) is 16.3. The summed E-state index contributed by atoms with van der Waals surface area (Å²) in [5.41, 5.74) is 4.82. The molecule has 0 heterocycles. The zero-order valence-electron chi connectivity index (χ0n) is 13.6. The van der Waals surface area contributed by atoms with E-state index in [0.29, 0.717) is 12.2 Å². The summed E-state index contributed by atoms with van der Waals surface area (Å²) in [6, 6.07) is 9.59. The molecule has 0 N–H and O–H groups in total. The van der Waals surface area contributed by atoms with Gasteiger partial charge in [0.1, 0.15) is 18.2 Å². The minimum atomic E-state index is -0.246. The van der Waals surface area contributed by atoms with Gasteiger partial charge in [0.2, 0.25) is 0 Å². The quantitative estimate of drug-likeness (QED) is 0.673. The Labute approximate surface area is 132 Å². The Morgan fingerprint density at radius 2 is 1.91 bits per heavy atom. The summed E-state index contributed by atoms with van der Waals surface area (Å²) in [5, 5.41) is 0. The van der Waals surface area contributed by atoms with Crippen LogP contribution >= 0.6 is 0 Å². The highest BCUT2D eigenvalue weighted by Gasteiger charge is 2.08. The Morgan fingerprint density at radius 1 is 1.14 bits per heavy atom. The van der Waals surface area contributed by atoms with E-state index in [1.54, 1.807) is 6.08 Å². The van der Waals surface area contributed by atoms with Crippen LogP contribution in [-0.4, -0.2) is 0 Å². The number of ether oxygens (including phenoxy) is 1. The second-order valence-corrected chi connectivity index (χ2v) is 5.65. The molecule has 0 fully saturated rings. The lowest BCUT2D eigenvalue weighted by atomic mass is 10.0. The molecule has 0 saturated heterocycles. The van der Waals surface area contributed by atoms with E-state index in [1.807, 2.05) is 19.1 Å². The number of rotatable bonds is 6. The first-order valence-electron chi connectivity index (χ1n) is 7.69. The van der Waals surface area contributed by atoms with Gasteiger partial charge in [0.15, 0.2) is 0 Å². The van der Waals surface area contributed by atoms with Crippen LogP contribution in [-0.2, 0) is 13.0 Å². The summed E-state index contributed by atoms with van der Waals surface area (Å²) < 4.78 is 19.8. The van der Waals surface area contributed by atoms with Crippen LogP contribution in [0.3, 0.4) is 0 Å². The number of halogens is 1. The van der Waals surface area contributed by atoms with Crippen molar-refractivity contribution in [3.8, 4) is 5.75 Å². The molecule has 0 unspecified atom stereocenters. The van der Waals surface area contributed by atoms with Crippen LogP contribution in [0, 0.1) is 19.7 Å². The molecule has 0 bridgehead atoms. The topological polar surface area (TPSA) is 9.23 Å². The van der Waals surface area contributed by atoms with Gasteiger partial charge in [-0.2, -0.15) is 0 Å². The summed E-state index contributed by atoms with van der Waals surface area (Å²) in [6.07, 6.45) is 3.69. The maximum absolute atomic E-state index is 13.9. The Balaban J connectivity index is 2.20. The van der Waals surface area contributed by atoms with Crippen molar-refractivity contribution in [2.45, 2.75) is 40.2 Å². The Morgan fingerprint density at radius 3 is 2.59 bits per heavy atom. The molecule has 0 amide bonds. The first-order chi connectivity index (χ1) is 10.5. The molecule has 0 aliphatic carbocycles. The van der Waals surface area contributed by atoms with Gasteiger partial charge in [0.25, 0.3) is 0 Å². The predicted octanol–water partition coefficient (Wildman–Crippen LogP) is 5.62. The van der Waals surface area contributed by atoms with E-state index in [4.69, 9.17) is 4.74 Å². The Kier molecular flexibility index (Phi) is 5.37. The highest BCUT2D eigenvalue weighted by atomic mass is 19.1. The minimum absolute atomic E-state index is 0.246. The van der Waals surface area contributed by atoms with Crippen LogP contribution in [0.1, 0.15) is 41.2 Å². The van der Waals surface area contributed by atoms with Crippen molar-refractivity contribution in [3.05, 3.63) is 70.5 Å². The van der Waals surface area contributed by atoms with Crippen LogP contribution in [0.15, 0.2) is 36.9 Å². The largest absolute Gasteiger partial charge is 0.489 e. The number of benzene rings is 2. The molecule has 0 saturated carbocycles. The van der Waals surface area contributed by atoms with Crippen LogP contribution in [0.2, 0.25) is 0 Å². The van der Waals surface area contributed by atoms with Gasteiger partial charge in [-0.05, 0) is 60.7 Å². The average molecular weight is 298 g/mol. The van der Waals surface area contributed by atoms with Crippen LogP contribution in [0.5, 0.6) is 5.75 Å². The fourth-order valence-corrected chi connectivity index (χ4v) is 2.61. The maximum atomic E-state index is 13.9. The number of hydrogen-bond acceptors (Lipinski definition) is 1. The molecule has 116 valence electrons. The lowest BCUT2D eigenvalue weighted by molar-refractivity contribution is 0.305. The van der Waals surface area contributed by atoms with Gasteiger partial charge in [-0.25, -0.2) is 4.39 Å². The van der Waals surface area contributed by atoms with Crippen molar-refractivity contribution < 1.29 is 9.13 Å². The average Bonchev–Trinajstić information content (AvgIpc) is 2.48. The van der Waals surface area contributed by atoms with Gasteiger partial charge in [0, 0.05) is 5.56 Å². The van der Waals surface area contributed by atoms with E-state index in [1.165, 1.54) is 17.2 Å². The van der Waals surface area contributed by atoms with Gasteiger partial charge in [-0.1, -0.05) is 38.1 Å². The summed E-state index contributed by atoms with van der Waals surface area (Å²) >= 11 is 0. The third-order valence-electron chi connectivity index (χ3n) is 3.80. The van der Waals surface area contributed by atoms with Gasteiger partial charge in [-0.15, -0.1) is 0 Å². The van der Waals surface area contributed by atoms with Crippen LogP contribution in [0.25, 0.3) is 6.08 Å². The third-order valence-corrected chi connectivity index (χ3v) is 3.80. The minimum Gasteiger partial charge on any atom is -0.489 e. The van der Waals surface area contributed by atoms with Crippen molar-refractivity contribution in [1.82, 2.24) is 0 Å². The molecule has 0 radical (unpaired) electrons. The van der Waals surface area contributed by atoms with E-state index in [0.717, 1.165) is 29.7 Å². The lowest BCUT2D eigenvalue weighted by Gasteiger charge is -2.13. The second-order valence-electron chi connectivity index (χ2n) is 5.65. The molecule has 2 rings (SSSR count). The standard InChI is InChI=1S/C20H23FO/c1-5-7-16-12-18(9-8-15(16)4)22-13-17-10-14(3)11-20(21)19(17)6-2/h6,8-12H,2,5,7,13H2,1,3-4H3. The van der Waals surface area contributed by atoms with Crippen molar-refractivity contribution in [2.75, 3.05) is 0 Å². The SMILES string of the molecule is C=Cc1c(F)cc(C)cc1COc1ccc(C)c(CCC)c1. The molecular formula is C20H23FO.